The molecule has 0 aromatic carbocycles. The van der Waals surface area contributed by atoms with Gasteiger partial charge in [0.1, 0.15) is 0 Å². The molecule has 3 nitrogen and oxygen atoms in total. The fourth-order valence-corrected chi connectivity index (χ4v) is 3.35. The summed E-state index contributed by atoms with van der Waals surface area (Å²) >= 11 is 5.02. The highest BCUT2D eigenvalue weighted by atomic mass is 79.9. The van der Waals surface area contributed by atoms with Gasteiger partial charge < -0.3 is 4.90 Å². The molecular weight excluding hydrogens is 274 g/mol. The first-order valence-electron chi connectivity index (χ1n) is 5.57. The van der Waals surface area contributed by atoms with Gasteiger partial charge in [0.2, 0.25) is 5.13 Å². The van der Waals surface area contributed by atoms with E-state index in [9.17, 15) is 0 Å². The zero-order chi connectivity index (χ0) is 10.7. The third-order valence-electron chi connectivity index (χ3n) is 2.98. The summed E-state index contributed by atoms with van der Waals surface area (Å²) in [4.78, 5) is 2.44. The highest BCUT2D eigenvalue weighted by molar-refractivity contribution is 9.11. The van der Waals surface area contributed by atoms with Crippen LogP contribution in [0.1, 0.15) is 39.0 Å². The Morgan fingerprint density at radius 3 is 2.93 bits per heavy atom. The zero-order valence-corrected chi connectivity index (χ0v) is 11.4. The second-order valence-corrected chi connectivity index (χ2v) is 6.17. The molecule has 0 N–H and O–H groups in total. The molecule has 0 aliphatic carbocycles. The molecule has 0 saturated carbocycles. The second kappa shape index (κ2) is 5.25. The lowest BCUT2D eigenvalue weighted by Gasteiger charge is -2.28. The van der Waals surface area contributed by atoms with Crippen LogP contribution in [0.5, 0.6) is 0 Å². The van der Waals surface area contributed by atoms with Crippen LogP contribution in [0.3, 0.4) is 0 Å². The first-order valence-corrected chi connectivity index (χ1v) is 7.18. The van der Waals surface area contributed by atoms with Crippen molar-refractivity contribution in [2.45, 2.75) is 45.1 Å². The smallest absolute Gasteiger partial charge is 0.209 e. The van der Waals surface area contributed by atoms with Crippen LogP contribution >= 0.6 is 27.3 Å². The molecule has 0 bridgehead atoms. The van der Waals surface area contributed by atoms with Gasteiger partial charge in [0.05, 0.1) is 0 Å². The van der Waals surface area contributed by atoms with Crippen molar-refractivity contribution in [1.82, 2.24) is 10.2 Å². The third kappa shape index (κ3) is 2.69. The molecule has 1 aliphatic heterocycles. The van der Waals surface area contributed by atoms with Crippen LogP contribution in [0.25, 0.3) is 0 Å². The summed E-state index contributed by atoms with van der Waals surface area (Å²) in [6.45, 7) is 3.40. The van der Waals surface area contributed by atoms with Crippen LogP contribution in [0.4, 0.5) is 5.13 Å². The summed E-state index contributed by atoms with van der Waals surface area (Å²) in [5.41, 5.74) is 0. The summed E-state index contributed by atoms with van der Waals surface area (Å²) in [7, 11) is 0. The van der Waals surface area contributed by atoms with Crippen LogP contribution in [0, 0.1) is 0 Å². The van der Waals surface area contributed by atoms with Crippen molar-refractivity contribution in [3.8, 4) is 0 Å². The monoisotopic (exact) mass is 289 g/mol. The molecule has 15 heavy (non-hydrogen) atoms. The Labute approximate surface area is 103 Å². The maximum absolute atomic E-state index is 4.23. The molecule has 84 valence electrons. The SMILES string of the molecule is CCC1CCCCCN1c1nnc(Br)s1. The van der Waals surface area contributed by atoms with Crippen LogP contribution in [-0.2, 0) is 0 Å². The van der Waals surface area contributed by atoms with Crippen LogP contribution in [-0.4, -0.2) is 22.8 Å². The van der Waals surface area contributed by atoms with Crippen LogP contribution in [0.15, 0.2) is 3.92 Å². The minimum absolute atomic E-state index is 0.660. The minimum Gasteiger partial charge on any atom is -0.344 e. The molecule has 1 aromatic heterocycles. The lowest BCUT2D eigenvalue weighted by atomic mass is 10.1. The summed E-state index contributed by atoms with van der Waals surface area (Å²) in [6.07, 6.45) is 6.50. The number of halogens is 1. The molecule has 2 heterocycles. The van der Waals surface area contributed by atoms with Crippen LogP contribution in [0.2, 0.25) is 0 Å². The van der Waals surface area contributed by atoms with E-state index in [1.54, 1.807) is 11.3 Å². The Kier molecular flexibility index (Phi) is 3.97. The number of aromatic nitrogens is 2. The molecule has 1 aromatic rings. The molecule has 1 fully saturated rings. The Balaban J connectivity index is 2.16. The quantitative estimate of drug-likeness (QED) is 0.835. The first kappa shape index (κ1) is 11.3. The summed E-state index contributed by atoms with van der Waals surface area (Å²) < 4.78 is 0.886. The number of hydrogen-bond acceptors (Lipinski definition) is 4. The number of rotatable bonds is 2. The van der Waals surface area contributed by atoms with Crippen molar-refractivity contribution >= 4 is 32.4 Å². The van der Waals surface area contributed by atoms with E-state index >= 15 is 0 Å². The van der Waals surface area contributed by atoms with Gasteiger partial charge in [-0.05, 0) is 35.2 Å². The minimum atomic E-state index is 0.660. The maximum atomic E-state index is 4.23. The van der Waals surface area contributed by atoms with Gasteiger partial charge in [0, 0.05) is 12.6 Å². The molecule has 1 aliphatic rings. The Morgan fingerprint density at radius 2 is 2.27 bits per heavy atom. The van der Waals surface area contributed by atoms with Crippen LogP contribution < -0.4 is 4.90 Å². The Morgan fingerprint density at radius 1 is 1.40 bits per heavy atom. The second-order valence-electron chi connectivity index (χ2n) is 3.94. The summed E-state index contributed by atoms with van der Waals surface area (Å²) in [5.74, 6) is 0. The van der Waals surface area contributed by atoms with Crippen molar-refractivity contribution in [2.75, 3.05) is 11.4 Å². The van der Waals surface area contributed by atoms with Crippen molar-refractivity contribution in [2.24, 2.45) is 0 Å². The molecule has 1 unspecified atom stereocenters. The van der Waals surface area contributed by atoms with Gasteiger partial charge in [-0.2, -0.15) is 0 Å². The number of hydrogen-bond donors (Lipinski definition) is 0. The van der Waals surface area contributed by atoms with Gasteiger partial charge in [0.25, 0.3) is 0 Å². The maximum Gasteiger partial charge on any atom is 0.209 e. The van der Waals surface area contributed by atoms with Gasteiger partial charge in [-0.25, -0.2) is 0 Å². The van der Waals surface area contributed by atoms with Gasteiger partial charge in [-0.15, -0.1) is 10.2 Å². The topological polar surface area (TPSA) is 29.0 Å². The van der Waals surface area contributed by atoms with Gasteiger partial charge in [0.15, 0.2) is 3.92 Å². The third-order valence-corrected chi connectivity index (χ3v) is 4.38. The molecule has 5 heteroatoms. The van der Waals surface area contributed by atoms with Crippen molar-refractivity contribution in [3.05, 3.63) is 3.92 Å². The average Bonchev–Trinajstić information content (AvgIpc) is 2.54. The standard InChI is InChI=1S/C10H16BrN3S/c1-2-8-6-4-3-5-7-14(8)10-13-12-9(11)15-10/h8H,2-7H2,1H3. The molecule has 0 amide bonds. The summed E-state index contributed by atoms with van der Waals surface area (Å²) in [6, 6.07) is 0.660. The fraction of sp³-hybridized carbons (Fsp3) is 0.800. The first-order chi connectivity index (χ1) is 7.31. The Hall–Kier alpha value is -0.160. The molecule has 1 saturated heterocycles. The van der Waals surface area contributed by atoms with E-state index in [0.717, 1.165) is 15.6 Å². The Bertz CT molecular complexity index is 315. The predicted octanol–water partition coefficient (Wildman–Crippen LogP) is 3.46. The van der Waals surface area contributed by atoms with Gasteiger partial charge in [-0.3, -0.25) is 0 Å². The summed E-state index contributed by atoms with van der Waals surface area (Å²) in [5, 5.41) is 9.34. The molecule has 0 radical (unpaired) electrons. The van der Waals surface area contributed by atoms with Crippen molar-refractivity contribution in [1.29, 1.82) is 0 Å². The van der Waals surface area contributed by atoms with E-state index in [-0.39, 0.29) is 0 Å². The van der Waals surface area contributed by atoms with E-state index in [2.05, 4.69) is 38.0 Å². The largest absolute Gasteiger partial charge is 0.344 e. The molecule has 1 atom stereocenters. The van der Waals surface area contributed by atoms with E-state index in [1.807, 2.05) is 0 Å². The van der Waals surface area contributed by atoms with E-state index in [1.165, 1.54) is 32.1 Å². The average molecular weight is 290 g/mol. The van der Waals surface area contributed by atoms with Gasteiger partial charge >= 0.3 is 0 Å². The molecule has 0 spiro atoms. The molecular formula is C10H16BrN3S. The normalized spacial score (nSPS) is 22.8. The highest BCUT2D eigenvalue weighted by Gasteiger charge is 2.22. The molecule has 2 rings (SSSR count). The van der Waals surface area contributed by atoms with Gasteiger partial charge in [-0.1, -0.05) is 31.1 Å². The highest BCUT2D eigenvalue weighted by Crippen LogP contribution is 2.30. The van der Waals surface area contributed by atoms with E-state index in [0.29, 0.717) is 6.04 Å². The van der Waals surface area contributed by atoms with Crippen molar-refractivity contribution in [3.63, 3.8) is 0 Å². The fourth-order valence-electron chi connectivity index (χ4n) is 2.17. The number of anilines is 1. The van der Waals surface area contributed by atoms with Crippen molar-refractivity contribution < 1.29 is 0 Å². The van der Waals surface area contributed by atoms with E-state index < -0.39 is 0 Å². The lowest BCUT2D eigenvalue weighted by molar-refractivity contribution is 0.554. The van der Waals surface area contributed by atoms with E-state index in [4.69, 9.17) is 0 Å². The lowest BCUT2D eigenvalue weighted by Crippen LogP contribution is -2.34. The zero-order valence-electron chi connectivity index (χ0n) is 8.95. The predicted molar refractivity (Wildman–Crippen MR) is 67.5 cm³/mol. The number of nitrogens with zero attached hydrogens (tertiary/aromatic N) is 3.